The summed E-state index contributed by atoms with van der Waals surface area (Å²) in [4.78, 5) is 6.78. The maximum atomic E-state index is 4.73. The summed E-state index contributed by atoms with van der Waals surface area (Å²) < 4.78 is 0. The van der Waals surface area contributed by atoms with E-state index in [0.29, 0.717) is 10.2 Å². The molecule has 2 rings (SSSR count). The van der Waals surface area contributed by atoms with E-state index in [0.717, 1.165) is 18.3 Å². The fourth-order valence-electron chi connectivity index (χ4n) is 3.33. The lowest BCUT2D eigenvalue weighted by molar-refractivity contribution is 0.147. The maximum Gasteiger partial charge on any atom is 0.0936 e. The minimum Gasteiger partial charge on any atom is -0.246 e. The lowest BCUT2D eigenvalue weighted by atomic mass is 9.67. The summed E-state index contributed by atoms with van der Waals surface area (Å²) in [5.41, 5.74) is 1.55. The van der Waals surface area contributed by atoms with Crippen LogP contribution in [0.5, 0.6) is 0 Å². The average Bonchev–Trinajstić information content (AvgIpc) is 2.56. The van der Waals surface area contributed by atoms with Gasteiger partial charge in [-0.15, -0.1) is 11.3 Å². The van der Waals surface area contributed by atoms with Gasteiger partial charge in [0.05, 0.1) is 10.7 Å². The van der Waals surface area contributed by atoms with E-state index < -0.39 is 0 Å². The highest BCUT2D eigenvalue weighted by molar-refractivity contribution is 9.09. The standard InChI is InChI=1S/C16H26BrNS/c1-10-6-7-13(14(17)8-10)16(4,5)9-15-18-11(2)12(3)19-15/h10,13-14H,6-9H2,1-5H3. The van der Waals surface area contributed by atoms with Crippen LogP contribution in [0, 0.1) is 31.1 Å². The van der Waals surface area contributed by atoms with E-state index in [1.807, 2.05) is 11.3 Å². The molecular weight excluding hydrogens is 318 g/mol. The Labute approximate surface area is 130 Å². The van der Waals surface area contributed by atoms with Crippen molar-refractivity contribution in [2.75, 3.05) is 0 Å². The molecule has 0 saturated heterocycles. The van der Waals surface area contributed by atoms with Crippen LogP contribution in [-0.4, -0.2) is 9.81 Å². The summed E-state index contributed by atoms with van der Waals surface area (Å²) in [6.45, 7) is 11.5. The minimum atomic E-state index is 0.338. The van der Waals surface area contributed by atoms with Crippen molar-refractivity contribution < 1.29 is 0 Å². The number of hydrogen-bond donors (Lipinski definition) is 0. The zero-order chi connectivity index (χ0) is 14.2. The van der Waals surface area contributed by atoms with Crippen LogP contribution in [-0.2, 0) is 6.42 Å². The number of nitrogens with zero attached hydrogens (tertiary/aromatic N) is 1. The molecule has 0 N–H and O–H groups in total. The first kappa shape index (κ1) is 15.5. The predicted molar refractivity (Wildman–Crippen MR) is 88.3 cm³/mol. The molecular formula is C16H26BrNS. The molecule has 1 aromatic heterocycles. The fourth-order valence-corrected chi connectivity index (χ4v) is 6.12. The van der Waals surface area contributed by atoms with Gasteiger partial charge in [0.1, 0.15) is 0 Å². The molecule has 1 aliphatic rings. The Balaban J connectivity index is 2.09. The summed E-state index contributed by atoms with van der Waals surface area (Å²) in [5, 5.41) is 1.32. The Morgan fingerprint density at radius 3 is 2.53 bits per heavy atom. The number of thiazole rings is 1. The summed E-state index contributed by atoms with van der Waals surface area (Å²) in [6, 6.07) is 0. The molecule has 1 aromatic rings. The van der Waals surface area contributed by atoms with Crippen molar-refractivity contribution in [2.24, 2.45) is 17.3 Å². The van der Waals surface area contributed by atoms with Crippen molar-refractivity contribution >= 4 is 27.3 Å². The van der Waals surface area contributed by atoms with Crippen molar-refractivity contribution in [3.05, 3.63) is 15.6 Å². The third kappa shape index (κ3) is 3.60. The van der Waals surface area contributed by atoms with Crippen LogP contribution in [0.15, 0.2) is 0 Å². The van der Waals surface area contributed by atoms with Gasteiger partial charge in [0.25, 0.3) is 0 Å². The maximum absolute atomic E-state index is 4.73. The van der Waals surface area contributed by atoms with Crippen LogP contribution >= 0.6 is 27.3 Å². The number of alkyl halides is 1. The highest BCUT2D eigenvalue weighted by Crippen LogP contribution is 2.45. The molecule has 3 unspecified atom stereocenters. The van der Waals surface area contributed by atoms with E-state index in [1.165, 1.54) is 34.8 Å². The van der Waals surface area contributed by atoms with Crippen molar-refractivity contribution in [2.45, 2.75) is 65.1 Å². The van der Waals surface area contributed by atoms with Crippen LogP contribution in [0.25, 0.3) is 0 Å². The van der Waals surface area contributed by atoms with Gasteiger partial charge in [-0.05, 0) is 43.9 Å². The van der Waals surface area contributed by atoms with E-state index in [4.69, 9.17) is 4.98 Å². The molecule has 1 fully saturated rings. The molecule has 0 spiro atoms. The molecule has 0 aliphatic heterocycles. The lowest BCUT2D eigenvalue weighted by Gasteiger charge is -2.41. The largest absolute Gasteiger partial charge is 0.246 e. The molecule has 108 valence electrons. The molecule has 3 heteroatoms. The van der Waals surface area contributed by atoms with Crippen LogP contribution in [0.3, 0.4) is 0 Å². The van der Waals surface area contributed by atoms with Gasteiger partial charge >= 0.3 is 0 Å². The molecule has 19 heavy (non-hydrogen) atoms. The number of aromatic nitrogens is 1. The van der Waals surface area contributed by atoms with Gasteiger partial charge in [0, 0.05) is 16.1 Å². The van der Waals surface area contributed by atoms with E-state index in [1.54, 1.807) is 0 Å². The van der Waals surface area contributed by atoms with Gasteiger partial charge < -0.3 is 0 Å². The van der Waals surface area contributed by atoms with Crippen LogP contribution in [0.4, 0.5) is 0 Å². The molecule has 0 amide bonds. The fraction of sp³-hybridized carbons (Fsp3) is 0.812. The Morgan fingerprint density at radius 2 is 2.00 bits per heavy atom. The first-order valence-electron chi connectivity index (χ1n) is 7.36. The summed E-state index contributed by atoms with van der Waals surface area (Å²) >= 11 is 5.83. The van der Waals surface area contributed by atoms with Gasteiger partial charge in [0.2, 0.25) is 0 Å². The van der Waals surface area contributed by atoms with Crippen molar-refractivity contribution in [3.63, 3.8) is 0 Å². The first-order chi connectivity index (χ1) is 8.79. The zero-order valence-electron chi connectivity index (χ0n) is 12.8. The second kappa shape index (κ2) is 5.85. The van der Waals surface area contributed by atoms with E-state index in [2.05, 4.69) is 50.5 Å². The molecule has 1 saturated carbocycles. The molecule has 0 aromatic carbocycles. The SMILES string of the molecule is Cc1nc(CC(C)(C)C2CCC(C)CC2Br)sc1C. The Morgan fingerprint density at radius 1 is 1.32 bits per heavy atom. The summed E-state index contributed by atoms with van der Waals surface area (Å²) in [5.74, 6) is 1.65. The summed E-state index contributed by atoms with van der Waals surface area (Å²) in [6.07, 6.45) is 5.18. The van der Waals surface area contributed by atoms with Crippen LogP contribution in [0.1, 0.15) is 55.6 Å². The van der Waals surface area contributed by atoms with Gasteiger partial charge in [-0.1, -0.05) is 43.1 Å². The smallest absolute Gasteiger partial charge is 0.0936 e. The molecule has 0 bridgehead atoms. The number of aryl methyl sites for hydroxylation is 2. The topological polar surface area (TPSA) is 12.9 Å². The first-order valence-corrected chi connectivity index (χ1v) is 9.10. The Kier molecular flexibility index (Phi) is 4.77. The van der Waals surface area contributed by atoms with E-state index in [9.17, 15) is 0 Å². The highest BCUT2D eigenvalue weighted by Gasteiger charge is 2.38. The minimum absolute atomic E-state index is 0.338. The third-order valence-corrected chi connectivity index (χ3v) is 6.80. The summed E-state index contributed by atoms with van der Waals surface area (Å²) in [7, 11) is 0. The number of halogens is 1. The average molecular weight is 344 g/mol. The van der Waals surface area contributed by atoms with Crippen molar-refractivity contribution in [3.8, 4) is 0 Å². The second-order valence-electron chi connectivity index (χ2n) is 6.96. The van der Waals surface area contributed by atoms with Gasteiger partial charge in [-0.25, -0.2) is 4.98 Å². The van der Waals surface area contributed by atoms with Gasteiger partial charge in [-0.3, -0.25) is 0 Å². The van der Waals surface area contributed by atoms with Crippen LogP contribution < -0.4 is 0 Å². The van der Waals surface area contributed by atoms with Crippen molar-refractivity contribution in [1.82, 2.24) is 4.98 Å². The van der Waals surface area contributed by atoms with Crippen molar-refractivity contribution in [1.29, 1.82) is 0 Å². The zero-order valence-corrected chi connectivity index (χ0v) is 15.2. The number of rotatable bonds is 3. The molecule has 1 heterocycles. The van der Waals surface area contributed by atoms with Gasteiger partial charge in [-0.2, -0.15) is 0 Å². The van der Waals surface area contributed by atoms with Gasteiger partial charge in [0.15, 0.2) is 0 Å². The normalized spacial score (nSPS) is 28.6. The second-order valence-corrected chi connectivity index (χ2v) is 9.42. The molecule has 1 nitrogen and oxygen atoms in total. The Bertz CT molecular complexity index is 418. The monoisotopic (exact) mass is 343 g/mol. The Hall–Kier alpha value is 0.110. The third-order valence-electron chi connectivity index (χ3n) is 4.72. The predicted octanol–water partition coefficient (Wildman–Crippen LogP) is 5.53. The lowest BCUT2D eigenvalue weighted by Crippen LogP contribution is -2.37. The highest BCUT2D eigenvalue weighted by atomic mass is 79.9. The number of hydrogen-bond acceptors (Lipinski definition) is 2. The molecule has 0 radical (unpaired) electrons. The quantitative estimate of drug-likeness (QED) is 0.657. The molecule has 1 aliphatic carbocycles. The van der Waals surface area contributed by atoms with E-state index in [-0.39, 0.29) is 0 Å². The van der Waals surface area contributed by atoms with E-state index >= 15 is 0 Å². The molecule has 3 atom stereocenters. The van der Waals surface area contributed by atoms with Crippen LogP contribution in [0.2, 0.25) is 0 Å².